The molecule has 0 N–H and O–H groups in total. The Kier molecular flexibility index (Phi) is 5.97. The van der Waals surface area contributed by atoms with Gasteiger partial charge in [-0.3, -0.25) is 4.79 Å². The van der Waals surface area contributed by atoms with Crippen LogP contribution in [0.1, 0.15) is 30.5 Å². The molecule has 0 saturated heterocycles. The van der Waals surface area contributed by atoms with Crippen LogP contribution in [0.2, 0.25) is 0 Å². The third-order valence-corrected chi connectivity index (χ3v) is 6.18. The molecule has 0 aromatic heterocycles. The first kappa shape index (κ1) is 20.3. The molecular formula is C23H24Br2O2. The Morgan fingerprint density at radius 3 is 2.41 bits per heavy atom. The summed E-state index contributed by atoms with van der Waals surface area (Å²) in [5.41, 5.74) is 5.74. The van der Waals surface area contributed by atoms with Crippen molar-refractivity contribution < 1.29 is 9.53 Å². The van der Waals surface area contributed by atoms with Crippen LogP contribution in [0.4, 0.5) is 0 Å². The third-order valence-electron chi connectivity index (χ3n) is 5.65. The first-order valence-corrected chi connectivity index (χ1v) is 10.7. The largest absolute Gasteiger partial charge is 0.461 e. The highest BCUT2D eigenvalue weighted by atomic mass is 79.9. The van der Waals surface area contributed by atoms with Crippen molar-refractivity contribution in [2.45, 2.75) is 34.3 Å². The lowest BCUT2D eigenvalue weighted by molar-refractivity contribution is -0.147. The second-order valence-corrected chi connectivity index (χ2v) is 10.6. The molecule has 0 radical (unpaired) electrons. The van der Waals surface area contributed by atoms with E-state index in [-0.39, 0.29) is 23.2 Å². The number of benzene rings is 2. The topological polar surface area (TPSA) is 26.3 Å². The highest BCUT2D eigenvalue weighted by molar-refractivity contribution is 9.28. The van der Waals surface area contributed by atoms with Crippen LogP contribution in [0.5, 0.6) is 0 Å². The number of esters is 1. The average Bonchev–Trinajstić information content (AvgIpc) is 3.14. The van der Waals surface area contributed by atoms with Crippen molar-refractivity contribution >= 4 is 37.8 Å². The number of allylic oxidation sites excluding steroid dienone is 1. The summed E-state index contributed by atoms with van der Waals surface area (Å²) in [6.45, 7) is 8.69. The van der Waals surface area contributed by atoms with Crippen LogP contribution in [-0.4, -0.2) is 5.97 Å². The molecule has 27 heavy (non-hydrogen) atoms. The van der Waals surface area contributed by atoms with Gasteiger partial charge in [-0.25, -0.2) is 0 Å². The molecule has 1 saturated carbocycles. The van der Waals surface area contributed by atoms with Gasteiger partial charge >= 0.3 is 5.97 Å². The van der Waals surface area contributed by atoms with Gasteiger partial charge in [0.05, 0.1) is 9.31 Å². The monoisotopic (exact) mass is 490 g/mol. The number of carbonyl (C=O) groups excluding carboxylic acids is 1. The molecule has 0 aliphatic heterocycles. The van der Waals surface area contributed by atoms with Gasteiger partial charge in [0.2, 0.25) is 0 Å². The fraction of sp³-hybridized carbons (Fsp3) is 0.348. The predicted molar refractivity (Wildman–Crippen MR) is 118 cm³/mol. The zero-order chi connectivity index (χ0) is 19.8. The van der Waals surface area contributed by atoms with Crippen LogP contribution in [0, 0.1) is 31.1 Å². The van der Waals surface area contributed by atoms with Crippen molar-refractivity contribution in [3.63, 3.8) is 0 Å². The summed E-state index contributed by atoms with van der Waals surface area (Å²) in [5, 5.41) is 0. The molecule has 3 rings (SSSR count). The second-order valence-electron chi connectivity index (χ2n) is 7.84. The van der Waals surface area contributed by atoms with E-state index in [9.17, 15) is 4.79 Å². The normalized spacial score (nSPS) is 20.1. The molecule has 142 valence electrons. The van der Waals surface area contributed by atoms with Crippen molar-refractivity contribution in [1.29, 1.82) is 0 Å². The summed E-state index contributed by atoms with van der Waals surface area (Å²) < 4.78 is 6.57. The fourth-order valence-electron chi connectivity index (χ4n) is 3.70. The minimum absolute atomic E-state index is 0.0668. The van der Waals surface area contributed by atoms with Crippen molar-refractivity contribution in [1.82, 2.24) is 0 Å². The molecule has 0 bridgehead atoms. The van der Waals surface area contributed by atoms with Gasteiger partial charge in [-0.15, -0.1) is 0 Å². The molecule has 2 aromatic rings. The number of hydrogen-bond acceptors (Lipinski definition) is 2. The van der Waals surface area contributed by atoms with Gasteiger partial charge in [-0.1, -0.05) is 68.0 Å². The van der Waals surface area contributed by atoms with E-state index in [0.717, 1.165) is 14.5 Å². The van der Waals surface area contributed by atoms with Crippen molar-refractivity contribution in [3.05, 3.63) is 68.6 Å². The first-order chi connectivity index (χ1) is 12.7. The maximum atomic E-state index is 12.6. The summed E-state index contributed by atoms with van der Waals surface area (Å²) in [5.74, 6) is -0.0236. The van der Waals surface area contributed by atoms with E-state index in [1.165, 1.54) is 16.7 Å². The first-order valence-electron chi connectivity index (χ1n) is 9.07. The van der Waals surface area contributed by atoms with E-state index in [4.69, 9.17) is 4.74 Å². The molecule has 2 atom stereocenters. The Labute approximate surface area is 178 Å². The standard InChI is InChI=1S/C23H24Br2O2/c1-14-8-10-16(11-9-14)18-7-5-6-17(15(18)2)13-27-22(26)21-19(12-20(24)25)23(21,3)4/h5-12,19,21H,13H2,1-4H3/t19-,21-/m0/s1. The fourth-order valence-corrected chi connectivity index (χ4v) is 4.27. The number of carbonyl (C=O) groups is 1. The van der Waals surface area contributed by atoms with Gasteiger partial charge in [-0.05, 0) is 79.3 Å². The van der Waals surface area contributed by atoms with Crippen molar-refractivity contribution in [3.8, 4) is 11.1 Å². The quantitative estimate of drug-likeness (QED) is 0.424. The summed E-state index contributed by atoms with van der Waals surface area (Å²) in [6, 6.07) is 14.7. The molecule has 1 aliphatic rings. The van der Waals surface area contributed by atoms with E-state index < -0.39 is 0 Å². The van der Waals surface area contributed by atoms with Crippen LogP contribution in [0.15, 0.2) is 51.9 Å². The van der Waals surface area contributed by atoms with Crippen LogP contribution >= 0.6 is 31.9 Å². The van der Waals surface area contributed by atoms with Crippen molar-refractivity contribution in [2.24, 2.45) is 17.3 Å². The molecule has 1 aliphatic carbocycles. The van der Waals surface area contributed by atoms with Gasteiger partial charge in [0.15, 0.2) is 0 Å². The van der Waals surface area contributed by atoms with Crippen LogP contribution in [-0.2, 0) is 16.1 Å². The minimum atomic E-state index is -0.123. The van der Waals surface area contributed by atoms with Gasteiger partial charge < -0.3 is 4.74 Å². The maximum Gasteiger partial charge on any atom is 0.310 e. The molecule has 0 amide bonds. The minimum Gasteiger partial charge on any atom is -0.461 e. The Bertz CT molecular complexity index is 878. The molecule has 4 heteroatoms. The van der Waals surface area contributed by atoms with Crippen LogP contribution in [0.3, 0.4) is 0 Å². The predicted octanol–water partition coefficient (Wildman–Crippen LogP) is 6.92. The molecule has 1 fully saturated rings. The molecule has 2 nitrogen and oxygen atoms in total. The zero-order valence-electron chi connectivity index (χ0n) is 16.1. The van der Waals surface area contributed by atoms with E-state index in [2.05, 4.69) is 89.9 Å². The highest BCUT2D eigenvalue weighted by Crippen LogP contribution is 2.60. The summed E-state index contributed by atoms with van der Waals surface area (Å²) in [6.07, 6.45) is 2.04. The molecule has 0 spiro atoms. The van der Waals surface area contributed by atoms with Gasteiger partial charge in [0.25, 0.3) is 0 Å². The van der Waals surface area contributed by atoms with Gasteiger partial charge in [-0.2, -0.15) is 0 Å². The third kappa shape index (κ3) is 4.38. The maximum absolute atomic E-state index is 12.6. The SMILES string of the molecule is Cc1ccc(-c2cccc(COC(=O)[C@@H]3[C@H](C=C(Br)Br)C3(C)C)c2C)cc1. The lowest BCUT2D eigenvalue weighted by Gasteiger charge is -2.13. The number of rotatable bonds is 5. The Morgan fingerprint density at radius 1 is 1.11 bits per heavy atom. The van der Waals surface area contributed by atoms with E-state index in [1.807, 2.05) is 18.2 Å². The number of hydrogen-bond donors (Lipinski definition) is 0. The number of halogens is 2. The Hall–Kier alpha value is -1.39. The highest BCUT2D eigenvalue weighted by Gasteiger charge is 2.61. The van der Waals surface area contributed by atoms with E-state index >= 15 is 0 Å². The van der Waals surface area contributed by atoms with Crippen molar-refractivity contribution in [2.75, 3.05) is 0 Å². The molecule has 0 unspecified atom stereocenters. The lowest BCUT2D eigenvalue weighted by Crippen LogP contribution is -2.11. The smallest absolute Gasteiger partial charge is 0.310 e. The second kappa shape index (κ2) is 7.92. The van der Waals surface area contributed by atoms with E-state index in [0.29, 0.717) is 6.61 Å². The summed E-state index contributed by atoms with van der Waals surface area (Å²) in [4.78, 5) is 12.6. The Balaban J connectivity index is 1.72. The van der Waals surface area contributed by atoms with Gasteiger partial charge in [0.1, 0.15) is 6.61 Å². The molecule has 0 heterocycles. The summed E-state index contributed by atoms with van der Waals surface area (Å²) >= 11 is 6.78. The van der Waals surface area contributed by atoms with Crippen LogP contribution < -0.4 is 0 Å². The molecule has 2 aromatic carbocycles. The van der Waals surface area contributed by atoms with E-state index in [1.54, 1.807) is 0 Å². The van der Waals surface area contributed by atoms with Crippen LogP contribution in [0.25, 0.3) is 11.1 Å². The lowest BCUT2D eigenvalue weighted by atomic mass is 9.96. The summed E-state index contributed by atoms with van der Waals surface area (Å²) in [7, 11) is 0. The van der Waals surface area contributed by atoms with Gasteiger partial charge in [0, 0.05) is 0 Å². The zero-order valence-corrected chi connectivity index (χ0v) is 19.2. The molecular weight excluding hydrogens is 468 g/mol. The number of ether oxygens (including phenoxy) is 1. The Morgan fingerprint density at radius 2 is 1.78 bits per heavy atom. The average molecular weight is 492 g/mol. The number of aryl methyl sites for hydroxylation is 1.